The molecule has 164 valence electrons. The number of rotatable bonds is 4. The maximum atomic E-state index is 13.2. The number of hydrogen-bond donors (Lipinski definition) is 2. The van der Waals surface area contributed by atoms with Gasteiger partial charge < -0.3 is 15.5 Å². The van der Waals surface area contributed by atoms with Crippen LogP contribution in [0.2, 0.25) is 0 Å². The standard InChI is InChI=1S/C21H25F3N4O.ClH/c22-21(23,24)19-9-16(4-1-14(19)10-25)28-7-5-13(6-8-28)17-11-26-12-18(17)20(29)27-15-2-3-15;/h1,4,9,13,15,17-18,26H,2-3,5-8,11-12H2,(H,27,29);1H/t17-,18+;/m0./s1. The Hall–Kier alpha value is -1.98. The van der Waals surface area contributed by atoms with Crippen LogP contribution < -0.4 is 15.5 Å². The van der Waals surface area contributed by atoms with E-state index in [2.05, 4.69) is 10.6 Å². The molecule has 2 saturated heterocycles. The molecule has 3 fully saturated rings. The van der Waals surface area contributed by atoms with E-state index in [0.717, 1.165) is 38.3 Å². The van der Waals surface area contributed by atoms with Crippen LogP contribution in [0.25, 0.3) is 0 Å². The third-order valence-corrected chi connectivity index (χ3v) is 6.46. The maximum absolute atomic E-state index is 13.2. The molecule has 1 aromatic carbocycles. The maximum Gasteiger partial charge on any atom is 0.417 e. The van der Waals surface area contributed by atoms with Crippen LogP contribution in [0, 0.1) is 29.1 Å². The Bertz CT molecular complexity index is 813. The first-order chi connectivity index (χ1) is 13.9. The third kappa shape index (κ3) is 4.84. The van der Waals surface area contributed by atoms with Crippen molar-refractivity contribution < 1.29 is 18.0 Å². The van der Waals surface area contributed by atoms with Crippen LogP contribution in [0.3, 0.4) is 0 Å². The third-order valence-electron chi connectivity index (χ3n) is 6.46. The van der Waals surface area contributed by atoms with Gasteiger partial charge >= 0.3 is 6.18 Å². The van der Waals surface area contributed by atoms with Crippen molar-refractivity contribution >= 4 is 24.0 Å². The fourth-order valence-electron chi connectivity index (χ4n) is 4.66. The van der Waals surface area contributed by atoms with Crippen molar-refractivity contribution in [3.8, 4) is 6.07 Å². The molecule has 1 aromatic rings. The van der Waals surface area contributed by atoms with E-state index >= 15 is 0 Å². The van der Waals surface area contributed by atoms with Gasteiger partial charge in [0.1, 0.15) is 0 Å². The number of benzene rings is 1. The highest BCUT2D eigenvalue weighted by molar-refractivity contribution is 5.85. The van der Waals surface area contributed by atoms with Gasteiger partial charge in [-0.05, 0) is 62.3 Å². The summed E-state index contributed by atoms with van der Waals surface area (Å²) < 4.78 is 39.7. The van der Waals surface area contributed by atoms with Crippen molar-refractivity contribution in [2.24, 2.45) is 17.8 Å². The Morgan fingerprint density at radius 2 is 1.87 bits per heavy atom. The van der Waals surface area contributed by atoms with Crippen molar-refractivity contribution in [1.82, 2.24) is 10.6 Å². The van der Waals surface area contributed by atoms with E-state index < -0.39 is 11.7 Å². The summed E-state index contributed by atoms with van der Waals surface area (Å²) in [6, 6.07) is 5.91. The molecule has 4 rings (SSSR count). The molecule has 2 atom stereocenters. The molecular formula is C21H26ClF3N4O. The molecule has 3 aliphatic rings. The van der Waals surface area contributed by atoms with Gasteiger partial charge in [-0.1, -0.05) is 0 Å². The van der Waals surface area contributed by atoms with Crippen LogP contribution in [0.4, 0.5) is 18.9 Å². The lowest BCUT2D eigenvalue weighted by Gasteiger charge is -2.37. The zero-order valence-corrected chi connectivity index (χ0v) is 17.4. The van der Waals surface area contributed by atoms with Crippen LogP contribution in [-0.2, 0) is 11.0 Å². The van der Waals surface area contributed by atoms with Crippen LogP contribution in [-0.4, -0.2) is 38.1 Å². The molecule has 5 nitrogen and oxygen atoms in total. The molecule has 0 unspecified atom stereocenters. The number of nitriles is 1. The van der Waals surface area contributed by atoms with E-state index in [4.69, 9.17) is 5.26 Å². The molecule has 1 amide bonds. The van der Waals surface area contributed by atoms with Gasteiger partial charge in [-0.15, -0.1) is 12.4 Å². The number of nitrogens with zero attached hydrogens (tertiary/aromatic N) is 2. The van der Waals surface area contributed by atoms with Crippen molar-refractivity contribution in [2.45, 2.75) is 37.9 Å². The largest absolute Gasteiger partial charge is 0.417 e. The highest BCUT2D eigenvalue weighted by Gasteiger charge is 2.41. The molecule has 9 heteroatoms. The monoisotopic (exact) mass is 442 g/mol. The Kier molecular flexibility index (Phi) is 6.83. The average molecular weight is 443 g/mol. The number of carbonyl (C=O) groups is 1. The first-order valence-corrected chi connectivity index (χ1v) is 10.2. The van der Waals surface area contributed by atoms with E-state index in [0.29, 0.717) is 37.3 Å². The molecule has 30 heavy (non-hydrogen) atoms. The number of piperidine rings is 1. The number of carbonyl (C=O) groups excluding carboxylic acids is 1. The molecule has 0 aromatic heterocycles. The van der Waals surface area contributed by atoms with Crippen LogP contribution in [0.15, 0.2) is 18.2 Å². The molecule has 1 saturated carbocycles. The summed E-state index contributed by atoms with van der Waals surface area (Å²) in [6.45, 7) is 2.83. The Morgan fingerprint density at radius 3 is 2.47 bits per heavy atom. The number of hydrogen-bond acceptors (Lipinski definition) is 4. The first kappa shape index (κ1) is 22.7. The normalized spacial score (nSPS) is 24.8. The first-order valence-electron chi connectivity index (χ1n) is 10.2. The van der Waals surface area contributed by atoms with Crippen LogP contribution in [0.5, 0.6) is 0 Å². The highest BCUT2D eigenvalue weighted by atomic mass is 35.5. The van der Waals surface area contributed by atoms with E-state index in [1.54, 1.807) is 12.1 Å². The minimum absolute atomic E-state index is 0. The Morgan fingerprint density at radius 1 is 1.17 bits per heavy atom. The van der Waals surface area contributed by atoms with Gasteiger partial charge in [0.05, 0.1) is 23.1 Å². The van der Waals surface area contributed by atoms with E-state index in [1.807, 2.05) is 4.90 Å². The summed E-state index contributed by atoms with van der Waals surface area (Å²) in [5, 5.41) is 15.4. The lowest BCUT2D eigenvalue weighted by atomic mass is 9.78. The van der Waals surface area contributed by atoms with E-state index in [9.17, 15) is 18.0 Å². The number of alkyl halides is 3. The molecule has 2 aliphatic heterocycles. The van der Waals surface area contributed by atoms with Gasteiger partial charge in [-0.2, -0.15) is 18.4 Å². The fourth-order valence-corrected chi connectivity index (χ4v) is 4.66. The molecule has 2 heterocycles. The van der Waals surface area contributed by atoms with Gasteiger partial charge in [0.15, 0.2) is 0 Å². The average Bonchev–Trinajstić information content (AvgIpc) is 3.38. The zero-order valence-electron chi connectivity index (χ0n) is 16.5. The Balaban J connectivity index is 0.00000256. The summed E-state index contributed by atoms with van der Waals surface area (Å²) in [7, 11) is 0. The summed E-state index contributed by atoms with van der Waals surface area (Å²) in [5.74, 6) is 0.796. The van der Waals surface area contributed by atoms with Crippen molar-refractivity contribution in [2.75, 3.05) is 31.1 Å². The minimum atomic E-state index is -4.54. The molecule has 1 aliphatic carbocycles. The number of halogens is 4. The quantitative estimate of drug-likeness (QED) is 0.750. The van der Waals surface area contributed by atoms with Crippen molar-refractivity contribution in [3.05, 3.63) is 29.3 Å². The fraction of sp³-hybridized carbons (Fsp3) is 0.619. The molecule has 0 radical (unpaired) electrons. The molecular weight excluding hydrogens is 417 g/mol. The predicted octanol–water partition coefficient (Wildman–Crippen LogP) is 3.33. The molecule has 0 bridgehead atoms. The topological polar surface area (TPSA) is 68.2 Å². The van der Waals surface area contributed by atoms with Gasteiger partial charge in [-0.25, -0.2) is 0 Å². The Labute approximate surface area is 180 Å². The summed E-state index contributed by atoms with van der Waals surface area (Å²) in [6.07, 6.45) is -0.711. The second kappa shape index (κ2) is 9.03. The number of amides is 1. The summed E-state index contributed by atoms with van der Waals surface area (Å²) >= 11 is 0. The predicted molar refractivity (Wildman–Crippen MR) is 109 cm³/mol. The zero-order chi connectivity index (χ0) is 20.6. The van der Waals surface area contributed by atoms with Gasteiger partial charge in [0.2, 0.25) is 5.91 Å². The highest BCUT2D eigenvalue weighted by Crippen LogP contribution is 2.37. The van der Waals surface area contributed by atoms with Gasteiger partial charge in [0, 0.05) is 31.4 Å². The molecule has 0 spiro atoms. The lowest BCUT2D eigenvalue weighted by Crippen LogP contribution is -2.42. The van der Waals surface area contributed by atoms with Crippen molar-refractivity contribution in [1.29, 1.82) is 5.26 Å². The lowest BCUT2D eigenvalue weighted by molar-refractivity contribution is -0.137. The number of nitrogens with one attached hydrogen (secondary N) is 2. The van der Waals surface area contributed by atoms with E-state index in [1.165, 1.54) is 6.07 Å². The second-order valence-electron chi connectivity index (χ2n) is 8.38. The summed E-state index contributed by atoms with van der Waals surface area (Å²) in [5.41, 5.74) is -0.726. The minimum Gasteiger partial charge on any atom is -0.372 e. The van der Waals surface area contributed by atoms with Crippen LogP contribution >= 0.6 is 12.4 Å². The van der Waals surface area contributed by atoms with Gasteiger partial charge in [-0.3, -0.25) is 4.79 Å². The SMILES string of the molecule is Cl.N#Cc1ccc(N2CCC([C@@H]3CNC[C@H]3C(=O)NC3CC3)CC2)cc1C(F)(F)F. The second-order valence-corrected chi connectivity index (χ2v) is 8.38. The molecule has 2 N–H and O–H groups in total. The van der Waals surface area contributed by atoms with Crippen molar-refractivity contribution in [3.63, 3.8) is 0 Å². The number of anilines is 1. The van der Waals surface area contributed by atoms with Crippen LogP contribution in [0.1, 0.15) is 36.8 Å². The van der Waals surface area contributed by atoms with Gasteiger partial charge in [0.25, 0.3) is 0 Å². The summed E-state index contributed by atoms with van der Waals surface area (Å²) in [4.78, 5) is 14.5. The van der Waals surface area contributed by atoms with E-state index in [-0.39, 0.29) is 35.7 Å². The smallest absolute Gasteiger partial charge is 0.372 e.